The molecule has 0 radical (unpaired) electrons. The highest BCUT2D eigenvalue weighted by Crippen LogP contribution is 2.25. The first-order valence-corrected chi connectivity index (χ1v) is 9.87. The predicted octanol–water partition coefficient (Wildman–Crippen LogP) is 7.25. The second-order valence-electron chi connectivity index (χ2n) is 6.77. The third kappa shape index (κ3) is 4.42. The maximum atomic E-state index is 4.72. The largest absolute Gasteiger partial charge is 0.237 e. The lowest BCUT2D eigenvalue weighted by Gasteiger charge is -1.96. The van der Waals surface area contributed by atoms with Crippen molar-refractivity contribution in [2.75, 3.05) is 0 Å². The number of hydrogen-bond acceptors (Lipinski definition) is 2. The fourth-order valence-electron chi connectivity index (χ4n) is 2.85. The zero-order valence-electron chi connectivity index (χ0n) is 15.5. The molecule has 0 aliphatic heterocycles. The molecule has 4 rings (SSSR count). The zero-order valence-corrected chi connectivity index (χ0v) is 16.3. The molecule has 0 spiro atoms. The number of aryl methyl sites for hydroxylation is 2. The van der Waals surface area contributed by atoms with Crippen molar-refractivity contribution in [3.63, 3.8) is 0 Å². The van der Waals surface area contributed by atoms with Gasteiger partial charge in [-0.1, -0.05) is 84.0 Å². The Morgan fingerprint density at radius 3 is 1.78 bits per heavy atom. The number of fused-ring (bicyclic) bond motifs is 1. The van der Waals surface area contributed by atoms with Crippen LogP contribution in [0.4, 0.5) is 0 Å². The molecule has 0 amide bonds. The number of aromatic nitrogens is 1. The van der Waals surface area contributed by atoms with Crippen LogP contribution in [0.5, 0.6) is 0 Å². The normalized spacial score (nSPS) is 11.8. The number of thiazole rings is 1. The van der Waals surface area contributed by atoms with E-state index in [4.69, 9.17) is 4.98 Å². The van der Waals surface area contributed by atoms with E-state index < -0.39 is 0 Å². The first-order valence-electron chi connectivity index (χ1n) is 9.06. The van der Waals surface area contributed by atoms with E-state index in [-0.39, 0.29) is 0 Å². The molecular formula is C25H21NS. The van der Waals surface area contributed by atoms with E-state index in [1.807, 2.05) is 0 Å². The van der Waals surface area contributed by atoms with Crippen molar-refractivity contribution >= 4 is 45.9 Å². The highest BCUT2D eigenvalue weighted by Gasteiger charge is 2.02. The van der Waals surface area contributed by atoms with Gasteiger partial charge >= 0.3 is 0 Å². The minimum Gasteiger partial charge on any atom is -0.237 e. The third-order valence-electron chi connectivity index (χ3n) is 4.47. The molecule has 4 aromatic rings. The lowest BCUT2D eigenvalue weighted by Crippen LogP contribution is -1.75. The summed E-state index contributed by atoms with van der Waals surface area (Å²) in [5.41, 5.74) is 7.22. The molecule has 0 atom stereocenters. The molecule has 27 heavy (non-hydrogen) atoms. The summed E-state index contributed by atoms with van der Waals surface area (Å²) in [4.78, 5) is 4.72. The van der Waals surface area contributed by atoms with Gasteiger partial charge < -0.3 is 0 Å². The van der Waals surface area contributed by atoms with Gasteiger partial charge in [-0.15, -0.1) is 11.3 Å². The number of hydrogen-bond donors (Lipinski definition) is 0. The molecule has 0 fully saturated rings. The van der Waals surface area contributed by atoms with Crippen molar-refractivity contribution in [1.82, 2.24) is 4.98 Å². The zero-order chi connectivity index (χ0) is 18.6. The molecule has 0 aliphatic rings. The Bertz CT molecular complexity index is 1060. The maximum Gasteiger partial charge on any atom is 0.117 e. The summed E-state index contributed by atoms with van der Waals surface area (Å²) in [6.07, 6.45) is 8.53. The first-order chi connectivity index (χ1) is 13.2. The van der Waals surface area contributed by atoms with Gasteiger partial charge in [-0.25, -0.2) is 4.98 Å². The van der Waals surface area contributed by atoms with Crippen LogP contribution in [0.25, 0.3) is 34.5 Å². The summed E-state index contributed by atoms with van der Waals surface area (Å²) in [5.74, 6) is 0. The van der Waals surface area contributed by atoms with Gasteiger partial charge in [-0.05, 0) is 48.7 Å². The Hall–Kier alpha value is -2.97. The SMILES string of the molecule is Cc1ccc(C=Cc2ccc3nc(C=Cc4ccc(C)cc4)sc3c2)cc1. The molecule has 2 heteroatoms. The Balaban J connectivity index is 1.54. The molecule has 0 bridgehead atoms. The van der Waals surface area contributed by atoms with Crippen LogP contribution in [0, 0.1) is 13.8 Å². The number of nitrogens with zero attached hydrogens (tertiary/aromatic N) is 1. The van der Waals surface area contributed by atoms with Crippen LogP contribution in [0.3, 0.4) is 0 Å². The highest BCUT2D eigenvalue weighted by molar-refractivity contribution is 7.19. The fourth-order valence-corrected chi connectivity index (χ4v) is 3.77. The van der Waals surface area contributed by atoms with Gasteiger partial charge in [-0.3, -0.25) is 0 Å². The van der Waals surface area contributed by atoms with Crippen molar-refractivity contribution in [1.29, 1.82) is 0 Å². The maximum absolute atomic E-state index is 4.72. The highest BCUT2D eigenvalue weighted by atomic mass is 32.1. The van der Waals surface area contributed by atoms with E-state index in [0.717, 1.165) is 10.5 Å². The van der Waals surface area contributed by atoms with Crippen LogP contribution in [-0.2, 0) is 0 Å². The summed E-state index contributed by atoms with van der Waals surface area (Å²) in [6.45, 7) is 4.21. The molecule has 0 aliphatic carbocycles. The van der Waals surface area contributed by atoms with E-state index in [9.17, 15) is 0 Å². The average Bonchev–Trinajstić information content (AvgIpc) is 3.09. The Labute approximate surface area is 164 Å². The molecule has 0 unspecified atom stereocenters. The van der Waals surface area contributed by atoms with E-state index in [0.29, 0.717) is 0 Å². The summed E-state index contributed by atoms with van der Waals surface area (Å²) in [7, 11) is 0. The quantitative estimate of drug-likeness (QED) is 0.346. The molecule has 0 N–H and O–H groups in total. The van der Waals surface area contributed by atoms with Crippen molar-refractivity contribution in [2.45, 2.75) is 13.8 Å². The van der Waals surface area contributed by atoms with E-state index in [1.54, 1.807) is 11.3 Å². The van der Waals surface area contributed by atoms with Crippen LogP contribution in [0.1, 0.15) is 32.8 Å². The molecule has 1 nitrogen and oxygen atoms in total. The number of benzene rings is 3. The van der Waals surface area contributed by atoms with Crippen LogP contribution >= 0.6 is 11.3 Å². The van der Waals surface area contributed by atoms with Gasteiger partial charge in [0.2, 0.25) is 0 Å². The fraction of sp³-hybridized carbons (Fsp3) is 0.0800. The van der Waals surface area contributed by atoms with Gasteiger partial charge in [0.15, 0.2) is 0 Å². The molecule has 132 valence electrons. The average molecular weight is 368 g/mol. The van der Waals surface area contributed by atoms with E-state index >= 15 is 0 Å². The second kappa shape index (κ2) is 7.73. The summed E-state index contributed by atoms with van der Waals surface area (Å²) >= 11 is 1.73. The summed E-state index contributed by atoms with van der Waals surface area (Å²) < 4.78 is 1.21. The smallest absolute Gasteiger partial charge is 0.117 e. The van der Waals surface area contributed by atoms with Crippen molar-refractivity contribution in [3.8, 4) is 0 Å². The van der Waals surface area contributed by atoms with Gasteiger partial charge in [0, 0.05) is 0 Å². The Kier molecular flexibility index (Phi) is 4.99. The van der Waals surface area contributed by atoms with Crippen LogP contribution in [0.2, 0.25) is 0 Å². The topological polar surface area (TPSA) is 12.9 Å². The van der Waals surface area contributed by atoms with Crippen molar-refractivity contribution in [2.24, 2.45) is 0 Å². The van der Waals surface area contributed by atoms with Gasteiger partial charge in [-0.2, -0.15) is 0 Å². The monoisotopic (exact) mass is 367 g/mol. The molecular weight excluding hydrogens is 346 g/mol. The molecule has 3 aromatic carbocycles. The lowest BCUT2D eigenvalue weighted by molar-refractivity contribution is 1.45. The molecule has 0 saturated heterocycles. The Morgan fingerprint density at radius 1 is 0.630 bits per heavy atom. The summed E-state index contributed by atoms with van der Waals surface area (Å²) in [5, 5.41) is 1.03. The summed E-state index contributed by atoms with van der Waals surface area (Å²) in [6, 6.07) is 23.5. The van der Waals surface area contributed by atoms with Crippen LogP contribution < -0.4 is 0 Å². The van der Waals surface area contributed by atoms with Crippen LogP contribution in [0.15, 0.2) is 66.7 Å². The van der Waals surface area contributed by atoms with Gasteiger partial charge in [0.05, 0.1) is 10.2 Å². The second-order valence-corrected chi connectivity index (χ2v) is 7.83. The molecule has 1 aromatic heterocycles. The first kappa shape index (κ1) is 17.4. The van der Waals surface area contributed by atoms with Crippen LogP contribution in [-0.4, -0.2) is 4.98 Å². The minimum atomic E-state index is 1.03. The molecule has 1 heterocycles. The number of rotatable bonds is 4. The van der Waals surface area contributed by atoms with E-state index in [2.05, 4.69) is 105 Å². The third-order valence-corrected chi connectivity index (χ3v) is 5.45. The lowest BCUT2D eigenvalue weighted by atomic mass is 10.1. The Morgan fingerprint density at radius 2 is 1.15 bits per heavy atom. The van der Waals surface area contributed by atoms with E-state index in [1.165, 1.54) is 32.5 Å². The van der Waals surface area contributed by atoms with Crippen molar-refractivity contribution < 1.29 is 0 Å². The van der Waals surface area contributed by atoms with Crippen molar-refractivity contribution in [3.05, 3.63) is 99.6 Å². The predicted molar refractivity (Wildman–Crippen MR) is 120 cm³/mol. The standard InChI is InChI=1S/C25H21NS/c1-18-3-7-20(8-4-18)11-12-22-13-15-23-24(17-22)27-25(26-23)16-14-21-9-5-19(2)6-10-21/h3-17H,1-2H3. The van der Waals surface area contributed by atoms with Gasteiger partial charge in [0.1, 0.15) is 5.01 Å². The van der Waals surface area contributed by atoms with Gasteiger partial charge in [0.25, 0.3) is 0 Å². The molecule has 0 saturated carbocycles. The minimum absolute atomic E-state index is 1.03.